The van der Waals surface area contributed by atoms with Crippen LogP contribution in [0.2, 0.25) is 5.02 Å². The van der Waals surface area contributed by atoms with Crippen molar-refractivity contribution in [2.24, 2.45) is 5.73 Å². The average Bonchev–Trinajstić information content (AvgIpc) is 2.42. The molecule has 0 bridgehead atoms. The van der Waals surface area contributed by atoms with Crippen molar-refractivity contribution in [1.82, 2.24) is 9.80 Å². The molecule has 110 valence electrons. The first kappa shape index (κ1) is 15.2. The van der Waals surface area contributed by atoms with Gasteiger partial charge in [0, 0.05) is 37.7 Å². The second-order valence-corrected chi connectivity index (χ2v) is 5.53. The van der Waals surface area contributed by atoms with Crippen LogP contribution in [0.15, 0.2) is 18.2 Å². The van der Waals surface area contributed by atoms with Crippen LogP contribution in [-0.4, -0.2) is 47.9 Å². The molecular formula is C14H19ClFN3O. The standard InChI is InChI=1S/C14H19ClFN3O/c1-10(14(17)20)19-6-4-18(5-7-19)9-11-2-3-12(16)8-13(11)15/h2-3,8,10H,4-7,9H2,1H3,(H2,17,20)/t10-/m0/s1. The Hall–Kier alpha value is -1.17. The zero-order chi connectivity index (χ0) is 14.7. The summed E-state index contributed by atoms with van der Waals surface area (Å²) in [6.45, 7) is 5.79. The number of rotatable bonds is 4. The molecule has 1 aromatic carbocycles. The summed E-state index contributed by atoms with van der Waals surface area (Å²) in [5.41, 5.74) is 6.23. The lowest BCUT2D eigenvalue weighted by Crippen LogP contribution is -2.52. The Balaban J connectivity index is 1.90. The van der Waals surface area contributed by atoms with Gasteiger partial charge in [0.05, 0.1) is 6.04 Å². The Morgan fingerprint density at radius 1 is 1.40 bits per heavy atom. The second-order valence-electron chi connectivity index (χ2n) is 5.13. The summed E-state index contributed by atoms with van der Waals surface area (Å²) >= 11 is 6.03. The third-order valence-corrected chi connectivity index (χ3v) is 4.13. The summed E-state index contributed by atoms with van der Waals surface area (Å²) in [5.74, 6) is -0.612. The van der Waals surface area contributed by atoms with Crippen LogP contribution in [0.4, 0.5) is 4.39 Å². The normalized spacial score (nSPS) is 18.9. The fourth-order valence-electron chi connectivity index (χ4n) is 2.38. The van der Waals surface area contributed by atoms with Crippen LogP contribution in [0.25, 0.3) is 0 Å². The molecule has 1 saturated heterocycles. The Kier molecular flexibility index (Phi) is 4.96. The summed E-state index contributed by atoms with van der Waals surface area (Å²) < 4.78 is 13.0. The molecule has 0 unspecified atom stereocenters. The Bertz CT molecular complexity index is 489. The maximum Gasteiger partial charge on any atom is 0.234 e. The van der Waals surface area contributed by atoms with Crippen molar-refractivity contribution in [3.05, 3.63) is 34.6 Å². The molecule has 2 N–H and O–H groups in total. The van der Waals surface area contributed by atoms with Crippen LogP contribution in [0.1, 0.15) is 12.5 Å². The van der Waals surface area contributed by atoms with E-state index in [1.54, 1.807) is 6.07 Å². The zero-order valence-corrected chi connectivity index (χ0v) is 12.2. The SMILES string of the molecule is C[C@@H](C(N)=O)N1CCN(Cc2ccc(F)cc2Cl)CC1. The van der Waals surface area contributed by atoms with E-state index in [9.17, 15) is 9.18 Å². The average molecular weight is 300 g/mol. The summed E-state index contributed by atoms with van der Waals surface area (Å²) in [6, 6.07) is 4.25. The number of halogens is 2. The van der Waals surface area contributed by atoms with Gasteiger partial charge in [-0.2, -0.15) is 0 Å². The molecule has 1 aliphatic heterocycles. The van der Waals surface area contributed by atoms with Gasteiger partial charge in [-0.1, -0.05) is 17.7 Å². The highest BCUT2D eigenvalue weighted by Gasteiger charge is 2.24. The van der Waals surface area contributed by atoms with E-state index < -0.39 is 0 Å². The largest absolute Gasteiger partial charge is 0.368 e. The lowest BCUT2D eigenvalue weighted by molar-refractivity contribution is -0.123. The molecule has 0 radical (unpaired) electrons. The number of primary amides is 1. The van der Waals surface area contributed by atoms with Gasteiger partial charge in [0.1, 0.15) is 5.82 Å². The number of benzene rings is 1. The van der Waals surface area contributed by atoms with Crippen LogP contribution in [0.5, 0.6) is 0 Å². The van der Waals surface area contributed by atoms with E-state index in [2.05, 4.69) is 9.80 Å². The molecule has 1 atom stereocenters. The highest BCUT2D eigenvalue weighted by atomic mass is 35.5. The number of carbonyl (C=O) groups excluding carboxylic acids is 1. The van der Waals surface area contributed by atoms with E-state index in [0.717, 1.165) is 31.7 Å². The molecule has 0 aromatic heterocycles. The molecule has 1 heterocycles. The zero-order valence-electron chi connectivity index (χ0n) is 11.5. The number of piperazine rings is 1. The van der Waals surface area contributed by atoms with E-state index in [1.165, 1.54) is 12.1 Å². The molecule has 1 aromatic rings. The predicted molar refractivity (Wildman–Crippen MR) is 76.9 cm³/mol. The molecule has 2 rings (SSSR count). The van der Waals surface area contributed by atoms with Crippen LogP contribution in [0, 0.1) is 5.82 Å². The Morgan fingerprint density at radius 3 is 2.60 bits per heavy atom. The fraction of sp³-hybridized carbons (Fsp3) is 0.500. The van der Waals surface area contributed by atoms with E-state index in [4.69, 9.17) is 17.3 Å². The van der Waals surface area contributed by atoms with Crippen molar-refractivity contribution in [3.8, 4) is 0 Å². The molecule has 1 amide bonds. The van der Waals surface area contributed by atoms with Crippen LogP contribution >= 0.6 is 11.6 Å². The van der Waals surface area contributed by atoms with Gasteiger partial charge in [-0.25, -0.2) is 4.39 Å². The van der Waals surface area contributed by atoms with Crippen LogP contribution in [-0.2, 0) is 11.3 Å². The van der Waals surface area contributed by atoms with Crippen molar-refractivity contribution in [2.75, 3.05) is 26.2 Å². The third-order valence-electron chi connectivity index (χ3n) is 3.78. The lowest BCUT2D eigenvalue weighted by atomic mass is 10.1. The van der Waals surface area contributed by atoms with Gasteiger partial charge in [-0.3, -0.25) is 14.6 Å². The quantitative estimate of drug-likeness (QED) is 0.916. The second kappa shape index (κ2) is 6.52. The number of carbonyl (C=O) groups is 1. The highest BCUT2D eigenvalue weighted by molar-refractivity contribution is 6.31. The number of nitrogens with zero attached hydrogens (tertiary/aromatic N) is 2. The summed E-state index contributed by atoms with van der Waals surface area (Å²) in [7, 11) is 0. The van der Waals surface area contributed by atoms with E-state index in [-0.39, 0.29) is 17.8 Å². The summed E-state index contributed by atoms with van der Waals surface area (Å²) in [4.78, 5) is 15.5. The maximum atomic E-state index is 13.0. The molecule has 0 saturated carbocycles. The third kappa shape index (κ3) is 3.69. The molecule has 4 nitrogen and oxygen atoms in total. The van der Waals surface area contributed by atoms with Crippen molar-refractivity contribution < 1.29 is 9.18 Å². The first-order valence-corrected chi connectivity index (χ1v) is 7.05. The van der Waals surface area contributed by atoms with Gasteiger partial charge in [0.25, 0.3) is 0 Å². The van der Waals surface area contributed by atoms with Crippen molar-refractivity contribution in [3.63, 3.8) is 0 Å². The van der Waals surface area contributed by atoms with Crippen LogP contribution in [0.3, 0.4) is 0 Å². The molecule has 1 aliphatic rings. The first-order chi connectivity index (χ1) is 9.47. The minimum Gasteiger partial charge on any atom is -0.368 e. The van der Waals surface area contributed by atoms with E-state index in [1.807, 2.05) is 6.92 Å². The molecule has 0 spiro atoms. The van der Waals surface area contributed by atoms with Crippen LogP contribution < -0.4 is 5.73 Å². The molecule has 20 heavy (non-hydrogen) atoms. The minimum absolute atomic E-state index is 0.230. The fourth-order valence-corrected chi connectivity index (χ4v) is 2.61. The topological polar surface area (TPSA) is 49.6 Å². The molecule has 0 aliphatic carbocycles. The van der Waals surface area contributed by atoms with Gasteiger partial charge in [0.2, 0.25) is 5.91 Å². The smallest absolute Gasteiger partial charge is 0.234 e. The van der Waals surface area contributed by atoms with Gasteiger partial charge in [-0.15, -0.1) is 0 Å². The molecule has 6 heteroatoms. The summed E-state index contributed by atoms with van der Waals surface area (Å²) in [6.07, 6.45) is 0. The Labute approximate surface area is 123 Å². The monoisotopic (exact) mass is 299 g/mol. The van der Waals surface area contributed by atoms with Gasteiger partial charge in [-0.05, 0) is 24.6 Å². The van der Waals surface area contributed by atoms with Gasteiger partial charge in [0.15, 0.2) is 0 Å². The highest BCUT2D eigenvalue weighted by Crippen LogP contribution is 2.20. The van der Waals surface area contributed by atoms with Crippen molar-refractivity contribution in [2.45, 2.75) is 19.5 Å². The van der Waals surface area contributed by atoms with Gasteiger partial charge >= 0.3 is 0 Å². The number of amides is 1. The van der Waals surface area contributed by atoms with Gasteiger partial charge < -0.3 is 5.73 Å². The first-order valence-electron chi connectivity index (χ1n) is 6.67. The number of hydrogen-bond donors (Lipinski definition) is 1. The molecular weight excluding hydrogens is 281 g/mol. The summed E-state index contributed by atoms with van der Waals surface area (Å²) in [5, 5.41) is 0.456. The van der Waals surface area contributed by atoms with E-state index >= 15 is 0 Å². The number of nitrogens with two attached hydrogens (primary N) is 1. The number of hydrogen-bond acceptors (Lipinski definition) is 3. The maximum absolute atomic E-state index is 13.0. The molecule has 1 fully saturated rings. The predicted octanol–water partition coefficient (Wildman–Crippen LogP) is 1.47. The lowest BCUT2D eigenvalue weighted by Gasteiger charge is -2.37. The minimum atomic E-state index is -0.321. The van der Waals surface area contributed by atoms with Crippen molar-refractivity contribution in [1.29, 1.82) is 0 Å². The van der Waals surface area contributed by atoms with Crippen molar-refractivity contribution >= 4 is 17.5 Å². The Morgan fingerprint density at radius 2 is 2.05 bits per heavy atom. The van der Waals surface area contributed by atoms with E-state index in [0.29, 0.717) is 11.6 Å².